The van der Waals surface area contributed by atoms with Gasteiger partial charge in [-0.1, -0.05) is 13.0 Å². The van der Waals surface area contributed by atoms with E-state index in [2.05, 4.69) is 6.92 Å². The van der Waals surface area contributed by atoms with Crippen molar-refractivity contribution in [3.05, 3.63) is 29.3 Å². The van der Waals surface area contributed by atoms with Crippen molar-refractivity contribution in [2.24, 2.45) is 0 Å². The average Bonchev–Trinajstić information content (AvgIpc) is 2.16. The second kappa shape index (κ2) is 4.13. The molecule has 0 heterocycles. The molecule has 0 aliphatic heterocycles. The predicted octanol–water partition coefficient (Wildman–Crippen LogP) is 2.01. The van der Waals surface area contributed by atoms with Gasteiger partial charge in [-0.15, -0.1) is 0 Å². The zero-order valence-electron chi connectivity index (χ0n) is 8.74. The molecule has 14 heavy (non-hydrogen) atoms. The maximum absolute atomic E-state index is 10.8. The molecule has 76 valence electrons. The van der Waals surface area contributed by atoms with Gasteiger partial charge in [-0.05, 0) is 24.1 Å². The first-order valence-corrected chi connectivity index (χ1v) is 4.59. The highest BCUT2D eigenvalue weighted by atomic mass is 16.4. The van der Waals surface area contributed by atoms with Crippen LogP contribution in [0.4, 0.5) is 5.69 Å². The van der Waals surface area contributed by atoms with Crippen molar-refractivity contribution in [1.82, 2.24) is 0 Å². The maximum Gasteiger partial charge on any atom is 0.335 e. The number of aryl methyl sites for hydroxylation is 1. The van der Waals surface area contributed by atoms with Crippen molar-refractivity contribution in [3.8, 4) is 0 Å². The van der Waals surface area contributed by atoms with Crippen LogP contribution in [0.3, 0.4) is 0 Å². The van der Waals surface area contributed by atoms with E-state index in [9.17, 15) is 4.79 Å². The highest BCUT2D eigenvalue weighted by Gasteiger charge is 2.08. The zero-order valence-corrected chi connectivity index (χ0v) is 8.74. The lowest BCUT2D eigenvalue weighted by Crippen LogP contribution is -2.12. The highest BCUT2D eigenvalue weighted by molar-refractivity contribution is 5.89. The highest BCUT2D eigenvalue weighted by Crippen LogP contribution is 2.20. The number of nitrogens with zero attached hydrogens (tertiary/aromatic N) is 1. The topological polar surface area (TPSA) is 40.5 Å². The third kappa shape index (κ3) is 2.05. The minimum absolute atomic E-state index is 0.339. The van der Waals surface area contributed by atoms with E-state index >= 15 is 0 Å². The monoisotopic (exact) mass is 193 g/mol. The van der Waals surface area contributed by atoms with Gasteiger partial charge in [0.15, 0.2) is 0 Å². The largest absolute Gasteiger partial charge is 0.478 e. The summed E-state index contributed by atoms with van der Waals surface area (Å²) < 4.78 is 0. The summed E-state index contributed by atoms with van der Waals surface area (Å²) in [4.78, 5) is 12.7. The molecule has 0 atom stereocenters. The molecule has 0 aliphatic carbocycles. The Hall–Kier alpha value is -1.51. The minimum atomic E-state index is -0.879. The Bertz CT molecular complexity index is 345. The fourth-order valence-electron chi connectivity index (χ4n) is 1.41. The van der Waals surface area contributed by atoms with E-state index in [0.29, 0.717) is 5.56 Å². The molecular weight excluding hydrogens is 178 g/mol. The van der Waals surface area contributed by atoms with E-state index < -0.39 is 5.97 Å². The van der Waals surface area contributed by atoms with Crippen molar-refractivity contribution >= 4 is 11.7 Å². The van der Waals surface area contributed by atoms with Crippen LogP contribution in [0.1, 0.15) is 22.8 Å². The van der Waals surface area contributed by atoms with Crippen molar-refractivity contribution < 1.29 is 9.90 Å². The fraction of sp³-hybridized carbons (Fsp3) is 0.364. The normalized spacial score (nSPS) is 9.93. The molecule has 0 spiro atoms. The summed E-state index contributed by atoms with van der Waals surface area (Å²) in [5, 5.41) is 8.84. The second-order valence-electron chi connectivity index (χ2n) is 3.40. The van der Waals surface area contributed by atoms with E-state index in [-0.39, 0.29) is 0 Å². The standard InChI is InChI=1S/C11H15NO2/c1-4-8-5-6-9(11(13)14)7-10(8)12(2)3/h5-7H,4H2,1-3H3,(H,13,14). The van der Waals surface area contributed by atoms with Crippen LogP contribution in [0.25, 0.3) is 0 Å². The summed E-state index contributed by atoms with van der Waals surface area (Å²) in [6.07, 6.45) is 0.910. The van der Waals surface area contributed by atoms with Crippen LogP contribution in [-0.4, -0.2) is 25.2 Å². The minimum Gasteiger partial charge on any atom is -0.478 e. The third-order valence-electron chi connectivity index (χ3n) is 2.19. The molecule has 0 unspecified atom stereocenters. The number of benzene rings is 1. The van der Waals surface area contributed by atoms with Crippen LogP contribution in [0.5, 0.6) is 0 Å². The van der Waals surface area contributed by atoms with Gasteiger partial charge in [-0.3, -0.25) is 0 Å². The first-order chi connectivity index (χ1) is 6.56. The molecule has 3 nitrogen and oxygen atoms in total. The first kappa shape index (κ1) is 10.6. The zero-order chi connectivity index (χ0) is 10.7. The Morgan fingerprint density at radius 3 is 2.50 bits per heavy atom. The number of carbonyl (C=O) groups is 1. The summed E-state index contributed by atoms with van der Waals surface area (Å²) in [5.41, 5.74) is 2.48. The van der Waals surface area contributed by atoms with Gasteiger partial charge in [-0.25, -0.2) is 4.79 Å². The lowest BCUT2D eigenvalue weighted by Gasteiger charge is -2.17. The van der Waals surface area contributed by atoms with E-state index in [4.69, 9.17) is 5.11 Å². The van der Waals surface area contributed by atoms with Crippen LogP contribution in [0, 0.1) is 0 Å². The first-order valence-electron chi connectivity index (χ1n) is 4.59. The van der Waals surface area contributed by atoms with E-state index in [1.165, 1.54) is 5.56 Å². The lowest BCUT2D eigenvalue weighted by atomic mass is 10.1. The SMILES string of the molecule is CCc1ccc(C(=O)O)cc1N(C)C. The number of rotatable bonds is 3. The molecule has 0 bridgehead atoms. The summed E-state index contributed by atoms with van der Waals surface area (Å²) in [6, 6.07) is 5.23. The Morgan fingerprint density at radius 2 is 2.07 bits per heavy atom. The summed E-state index contributed by atoms with van der Waals surface area (Å²) in [6.45, 7) is 2.06. The van der Waals surface area contributed by atoms with Crippen LogP contribution in [0.15, 0.2) is 18.2 Å². The second-order valence-corrected chi connectivity index (χ2v) is 3.40. The van der Waals surface area contributed by atoms with E-state index in [1.807, 2.05) is 25.1 Å². The van der Waals surface area contributed by atoms with Crippen LogP contribution in [-0.2, 0) is 6.42 Å². The van der Waals surface area contributed by atoms with Crippen molar-refractivity contribution in [3.63, 3.8) is 0 Å². The van der Waals surface area contributed by atoms with Crippen LogP contribution < -0.4 is 4.90 Å². The van der Waals surface area contributed by atoms with Gasteiger partial charge in [0.25, 0.3) is 0 Å². The number of hydrogen-bond acceptors (Lipinski definition) is 2. The summed E-state index contributed by atoms with van der Waals surface area (Å²) in [5.74, 6) is -0.879. The molecule has 0 aromatic heterocycles. The molecule has 1 aromatic rings. The number of hydrogen-bond donors (Lipinski definition) is 1. The van der Waals surface area contributed by atoms with Gasteiger partial charge in [0, 0.05) is 19.8 Å². The predicted molar refractivity (Wildman–Crippen MR) is 57.1 cm³/mol. The average molecular weight is 193 g/mol. The molecule has 1 N–H and O–H groups in total. The van der Waals surface area contributed by atoms with Gasteiger partial charge >= 0.3 is 5.97 Å². The quantitative estimate of drug-likeness (QED) is 0.798. The molecule has 1 rings (SSSR count). The van der Waals surface area contributed by atoms with Gasteiger partial charge < -0.3 is 10.0 Å². The van der Waals surface area contributed by atoms with Gasteiger partial charge in [0.2, 0.25) is 0 Å². The third-order valence-corrected chi connectivity index (χ3v) is 2.19. The van der Waals surface area contributed by atoms with Crippen LogP contribution in [0.2, 0.25) is 0 Å². The smallest absolute Gasteiger partial charge is 0.335 e. The molecule has 0 aliphatic rings. The Kier molecular flexibility index (Phi) is 3.12. The molecule has 0 saturated carbocycles. The fourth-order valence-corrected chi connectivity index (χ4v) is 1.41. The van der Waals surface area contributed by atoms with E-state index in [1.54, 1.807) is 12.1 Å². The van der Waals surface area contributed by atoms with Gasteiger partial charge in [-0.2, -0.15) is 0 Å². The molecular formula is C11H15NO2. The maximum atomic E-state index is 10.8. The van der Waals surface area contributed by atoms with Crippen LogP contribution >= 0.6 is 0 Å². The summed E-state index contributed by atoms with van der Waals surface area (Å²) >= 11 is 0. The van der Waals surface area contributed by atoms with Crippen molar-refractivity contribution in [2.75, 3.05) is 19.0 Å². The lowest BCUT2D eigenvalue weighted by molar-refractivity contribution is 0.0697. The number of anilines is 1. The number of carboxylic acids is 1. The molecule has 3 heteroatoms. The van der Waals surface area contributed by atoms with Gasteiger partial charge in [0.05, 0.1) is 5.56 Å². The van der Waals surface area contributed by atoms with Crippen molar-refractivity contribution in [2.45, 2.75) is 13.3 Å². The Morgan fingerprint density at radius 1 is 1.43 bits per heavy atom. The number of aromatic carboxylic acids is 1. The number of carboxylic acid groups (broad SMARTS) is 1. The summed E-state index contributed by atoms with van der Waals surface area (Å²) in [7, 11) is 3.83. The molecule has 0 saturated heterocycles. The molecule has 0 amide bonds. The van der Waals surface area contributed by atoms with Crippen molar-refractivity contribution in [1.29, 1.82) is 0 Å². The van der Waals surface area contributed by atoms with E-state index in [0.717, 1.165) is 12.1 Å². The molecule has 1 aromatic carbocycles. The Balaban J connectivity index is 3.20. The molecule has 0 radical (unpaired) electrons. The molecule has 0 fully saturated rings. The van der Waals surface area contributed by atoms with Gasteiger partial charge in [0.1, 0.15) is 0 Å². The Labute approximate surface area is 84.0 Å².